The van der Waals surface area contributed by atoms with Gasteiger partial charge in [-0.05, 0) is 43.2 Å². The maximum Gasteiger partial charge on any atom is 0.255 e. The normalized spacial score (nSPS) is 17.4. The number of carbonyl (C=O) groups is 1. The van der Waals surface area contributed by atoms with E-state index in [4.69, 9.17) is 28.3 Å². The summed E-state index contributed by atoms with van der Waals surface area (Å²) in [5.41, 5.74) is 1.22. The van der Waals surface area contributed by atoms with Gasteiger partial charge in [0.2, 0.25) is 0 Å². The van der Waals surface area contributed by atoms with Crippen LogP contribution in [0.1, 0.15) is 34.9 Å². The standard InChI is InChI=1S/C19H18Cl2N6O/c20-13-3-4-15(21)14(11-13)19(28)26-9-7-25(8-10-26)17-6-5-16-22-23-18(12-1-2-12)27(16)24-17/h3-6,11-12H,1-2,7-10H2. The van der Waals surface area contributed by atoms with E-state index in [1.165, 1.54) is 0 Å². The number of anilines is 1. The molecule has 0 unspecified atom stereocenters. The topological polar surface area (TPSA) is 66.6 Å². The summed E-state index contributed by atoms with van der Waals surface area (Å²) in [6.45, 7) is 2.59. The molecule has 1 saturated heterocycles. The van der Waals surface area contributed by atoms with Crippen LogP contribution in [0, 0.1) is 0 Å². The zero-order valence-corrected chi connectivity index (χ0v) is 16.6. The molecule has 3 aromatic rings. The Morgan fingerprint density at radius 1 is 1.00 bits per heavy atom. The highest BCUT2D eigenvalue weighted by Gasteiger charge is 2.30. The van der Waals surface area contributed by atoms with Gasteiger partial charge in [-0.2, -0.15) is 4.52 Å². The Kier molecular flexibility index (Phi) is 4.36. The fraction of sp³-hybridized carbons (Fsp3) is 0.368. The van der Waals surface area contributed by atoms with E-state index >= 15 is 0 Å². The number of fused-ring (bicyclic) bond motifs is 1. The second-order valence-corrected chi connectivity index (χ2v) is 8.04. The Hall–Kier alpha value is -2.38. The van der Waals surface area contributed by atoms with Crippen LogP contribution < -0.4 is 4.90 Å². The van der Waals surface area contributed by atoms with Crippen molar-refractivity contribution in [1.82, 2.24) is 24.7 Å². The summed E-state index contributed by atoms with van der Waals surface area (Å²) < 4.78 is 1.86. The number of amides is 1. The molecule has 2 aliphatic rings. The highest BCUT2D eigenvalue weighted by molar-refractivity contribution is 6.35. The number of hydrogen-bond donors (Lipinski definition) is 0. The summed E-state index contributed by atoms with van der Waals surface area (Å²) in [5, 5.41) is 14.2. The van der Waals surface area contributed by atoms with Crippen molar-refractivity contribution in [3.05, 3.63) is 51.8 Å². The molecular formula is C19H18Cl2N6O. The minimum atomic E-state index is -0.0922. The van der Waals surface area contributed by atoms with E-state index in [0.29, 0.717) is 47.7 Å². The average Bonchev–Trinajstić information content (AvgIpc) is 3.48. The van der Waals surface area contributed by atoms with E-state index in [1.54, 1.807) is 23.1 Å². The van der Waals surface area contributed by atoms with Crippen molar-refractivity contribution in [3.63, 3.8) is 0 Å². The molecular weight excluding hydrogens is 399 g/mol. The maximum atomic E-state index is 12.8. The third kappa shape index (κ3) is 3.18. The van der Waals surface area contributed by atoms with Crippen LogP contribution in [0.25, 0.3) is 5.65 Å². The SMILES string of the molecule is O=C(c1cc(Cl)ccc1Cl)N1CCN(c2ccc3nnc(C4CC4)n3n2)CC1. The Morgan fingerprint density at radius 2 is 1.79 bits per heavy atom. The molecule has 0 atom stereocenters. The van der Waals surface area contributed by atoms with Crippen molar-refractivity contribution in [2.45, 2.75) is 18.8 Å². The predicted molar refractivity (Wildman–Crippen MR) is 107 cm³/mol. The molecule has 1 aromatic carbocycles. The van der Waals surface area contributed by atoms with Crippen LogP contribution in [0.4, 0.5) is 5.82 Å². The minimum Gasteiger partial charge on any atom is -0.352 e. The van der Waals surface area contributed by atoms with Crippen LogP contribution in [0.5, 0.6) is 0 Å². The van der Waals surface area contributed by atoms with Gasteiger partial charge in [0.15, 0.2) is 11.5 Å². The van der Waals surface area contributed by atoms with Gasteiger partial charge in [-0.3, -0.25) is 4.79 Å². The third-order valence-electron chi connectivity index (χ3n) is 5.27. The molecule has 0 bridgehead atoms. The van der Waals surface area contributed by atoms with Crippen LogP contribution in [0.15, 0.2) is 30.3 Å². The summed E-state index contributed by atoms with van der Waals surface area (Å²) in [6.07, 6.45) is 2.30. The average molecular weight is 417 g/mol. The Labute approximate surface area is 171 Å². The van der Waals surface area contributed by atoms with E-state index in [9.17, 15) is 4.79 Å². The van der Waals surface area contributed by atoms with Crippen molar-refractivity contribution in [3.8, 4) is 0 Å². The lowest BCUT2D eigenvalue weighted by atomic mass is 10.1. The highest BCUT2D eigenvalue weighted by atomic mass is 35.5. The molecule has 0 spiro atoms. The molecule has 1 saturated carbocycles. The summed E-state index contributed by atoms with van der Waals surface area (Å²) in [5.74, 6) is 2.21. The highest BCUT2D eigenvalue weighted by Crippen LogP contribution is 2.38. The number of aromatic nitrogens is 4. The number of hydrogen-bond acceptors (Lipinski definition) is 5. The predicted octanol–water partition coefficient (Wildman–Crippen LogP) is 3.27. The largest absolute Gasteiger partial charge is 0.352 e. The summed E-state index contributed by atoms with van der Waals surface area (Å²) >= 11 is 12.2. The Morgan fingerprint density at radius 3 is 2.54 bits per heavy atom. The third-order valence-corrected chi connectivity index (χ3v) is 5.83. The molecule has 0 N–H and O–H groups in total. The number of rotatable bonds is 3. The summed E-state index contributed by atoms with van der Waals surface area (Å²) in [6, 6.07) is 8.88. The first-order chi connectivity index (χ1) is 13.6. The molecule has 1 amide bonds. The van der Waals surface area contributed by atoms with Crippen LogP contribution in [-0.4, -0.2) is 56.8 Å². The molecule has 5 rings (SSSR count). The van der Waals surface area contributed by atoms with Crippen molar-refractivity contribution < 1.29 is 4.79 Å². The molecule has 28 heavy (non-hydrogen) atoms. The zero-order valence-electron chi connectivity index (χ0n) is 15.1. The number of benzene rings is 1. The number of halogens is 2. The van der Waals surface area contributed by atoms with Crippen molar-refractivity contribution in [1.29, 1.82) is 0 Å². The Bertz CT molecular complexity index is 1060. The van der Waals surface area contributed by atoms with Gasteiger partial charge in [-0.1, -0.05) is 23.2 Å². The van der Waals surface area contributed by atoms with Gasteiger partial charge in [0.25, 0.3) is 5.91 Å². The van der Waals surface area contributed by atoms with Gasteiger partial charge in [0.05, 0.1) is 10.6 Å². The summed E-state index contributed by atoms with van der Waals surface area (Å²) in [4.78, 5) is 16.8. The number of carbonyl (C=O) groups excluding carboxylic acids is 1. The van der Waals surface area contributed by atoms with E-state index in [0.717, 1.165) is 30.1 Å². The first-order valence-electron chi connectivity index (χ1n) is 9.32. The van der Waals surface area contributed by atoms with Crippen LogP contribution in [0.2, 0.25) is 10.0 Å². The first kappa shape index (κ1) is 17.7. The quantitative estimate of drug-likeness (QED) is 0.655. The lowest BCUT2D eigenvalue weighted by Crippen LogP contribution is -2.49. The monoisotopic (exact) mass is 416 g/mol. The van der Waals surface area contributed by atoms with Crippen molar-refractivity contribution in [2.75, 3.05) is 31.1 Å². The van der Waals surface area contributed by atoms with Gasteiger partial charge in [0, 0.05) is 37.1 Å². The second-order valence-electron chi connectivity index (χ2n) is 7.20. The second kappa shape index (κ2) is 6.90. The fourth-order valence-corrected chi connectivity index (χ4v) is 3.90. The van der Waals surface area contributed by atoms with Crippen LogP contribution in [-0.2, 0) is 0 Å². The molecule has 2 fully saturated rings. The van der Waals surface area contributed by atoms with Crippen molar-refractivity contribution in [2.24, 2.45) is 0 Å². The zero-order chi connectivity index (χ0) is 19.3. The van der Waals surface area contributed by atoms with E-state index < -0.39 is 0 Å². The molecule has 144 valence electrons. The molecule has 1 aliphatic heterocycles. The molecule has 9 heteroatoms. The van der Waals surface area contributed by atoms with E-state index in [2.05, 4.69) is 15.1 Å². The molecule has 0 radical (unpaired) electrons. The fourth-order valence-electron chi connectivity index (χ4n) is 3.53. The van der Waals surface area contributed by atoms with Gasteiger partial charge >= 0.3 is 0 Å². The number of nitrogens with zero attached hydrogens (tertiary/aromatic N) is 6. The molecule has 1 aliphatic carbocycles. The molecule has 2 aromatic heterocycles. The van der Waals surface area contributed by atoms with Gasteiger partial charge in [0.1, 0.15) is 5.82 Å². The van der Waals surface area contributed by atoms with Gasteiger partial charge in [-0.15, -0.1) is 15.3 Å². The maximum absolute atomic E-state index is 12.8. The first-order valence-corrected chi connectivity index (χ1v) is 10.1. The van der Waals surface area contributed by atoms with E-state index in [1.807, 2.05) is 16.6 Å². The van der Waals surface area contributed by atoms with Gasteiger partial charge < -0.3 is 9.80 Å². The smallest absolute Gasteiger partial charge is 0.255 e. The number of piperazine rings is 1. The molecule has 3 heterocycles. The van der Waals surface area contributed by atoms with Crippen LogP contribution in [0.3, 0.4) is 0 Å². The Balaban J connectivity index is 1.32. The minimum absolute atomic E-state index is 0.0922. The lowest BCUT2D eigenvalue weighted by molar-refractivity contribution is 0.0746. The van der Waals surface area contributed by atoms with E-state index in [-0.39, 0.29) is 5.91 Å². The van der Waals surface area contributed by atoms with Gasteiger partial charge in [-0.25, -0.2) is 0 Å². The van der Waals surface area contributed by atoms with Crippen LogP contribution >= 0.6 is 23.2 Å². The lowest BCUT2D eigenvalue weighted by Gasteiger charge is -2.35. The van der Waals surface area contributed by atoms with Crippen molar-refractivity contribution >= 4 is 40.6 Å². The molecule has 7 nitrogen and oxygen atoms in total. The summed E-state index contributed by atoms with van der Waals surface area (Å²) in [7, 11) is 0.